The summed E-state index contributed by atoms with van der Waals surface area (Å²) in [6.07, 6.45) is 5.15. The predicted molar refractivity (Wildman–Crippen MR) is 83.2 cm³/mol. The Hall–Kier alpha value is -0.0800. The number of hydrogen-bond acceptors (Lipinski definition) is 2. The van der Waals surface area contributed by atoms with E-state index in [1.165, 1.54) is 32.2 Å². The molecular formula is C16H36N2. The second-order valence-corrected chi connectivity index (χ2v) is 6.08. The molecule has 0 bridgehead atoms. The van der Waals surface area contributed by atoms with Crippen LogP contribution in [-0.2, 0) is 0 Å². The van der Waals surface area contributed by atoms with Crippen molar-refractivity contribution in [1.82, 2.24) is 10.2 Å². The smallest absolute Gasteiger partial charge is 0.00818 e. The Labute approximate surface area is 116 Å². The van der Waals surface area contributed by atoms with Gasteiger partial charge in [-0.2, -0.15) is 0 Å². The summed E-state index contributed by atoms with van der Waals surface area (Å²) >= 11 is 0. The minimum absolute atomic E-state index is 0.700. The third-order valence-electron chi connectivity index (χ3n) is 3.78. The van der Waals surface area contributed by atoms with E-state index < -0.39 is 0 Å². The monoisotopic (exact) mass is 256 g/mol. The molecule has 110 valence electrons. The van der Waals surface area contributed by atoms with E-state index in [0.29, 0.717) is 6.04 Å². The van der Waals surface area contributed by atoms with Crippen LogP contribution in [0.3, 0.4) is 0 Å². The highest BCUT2D eigenvalue weighted by Gasteiger charge is 2.17. The first-order chi connectivity index (χ1) is 8.52. The Balaban J connectivity index is 3.99. The molecule has 0 amide bonds. The van der Waals surface area contributed by atoms with Crippen LogP contribution in [0.5, 0.6) is 0 Å². The van der Waals surface area contributed by atoms with E-state index in [0.717, 1.165) is 25.0 Å². The van der Waals surface area contributed by atoms with Crippen molar-refractivity contribution in [2.75, 3.05) is 19.6 Å². The first-order valence-electron chi connectivity index (χ1n) is 7.99. The van der Waals surface area contributed by atoms with Gasteiger partial charge in [-0.1, -0.05) is 34.1 Å². The quantitative estimate of drug-likeness (QED) is 0.564. The van der Waals surface area contributed by atoms with Crippen LogP contribution in [0.25, 0.3) is 0 Å². The molecule has 0 aromatic rings. The lowest BCUT2D eigenvalue weighted by molar-refractivity contribution is 0.140. The SMILES string of the molecule is CCCCN(C(C)CC)C(C)CCNCC(C)C. The number of nitrogens with zero attached hydrogens (tertiary/aromatic N) is 1. The zero-order valence-corrected chi connectivity index (χ0v) is 13.6. The maximum Gasteiger partial charge on any atom is 0.00818 e. The van der Waals surface area contributed by atoms with Gasteiger partial charge in [0.2, 0.25) is 0 Å². The molecule has 0 heterocycles. The lowest BCUT2D eigenvalue weighted by atomic mass is 10.1. The first-order valence-corrected chi connectivity index (χ1v) is 7.99. The molecule has 0 aromatic heterocycles. The summed E-state index contributed by atoms with van der Waals surface area (Å²) in [7, 11) is 0. The molecule has 0 aromatic carbocycles. The zero-order chi connectivity index (χ0) is 14.0. The highest BCUT2D eigenvalue weighted by Crippen LogP contribution is 2.12. The van der Waals surface area contributed by atoms with E-state index in [1.807, 2.05) is 0 Å². The molecule has 0 spiro atoms. The van der Waals surface area contributed by atoms with Crippen molar-refractivity contribution < 1.29 is 0 Å². The Kier molecular flexibility index (Phi) is 10.8. The topological polar surface area (TPSA) is 15.3 Å². The summed E-state index contributed by atoms with van der Waals surface area (Å²) in [5, 5.41) is 3.56. The molecule has 2 atom stereocenters. The van der Waals surface area contributed by atoms with E-state index in [2.05, 4.69) is 51.8 Å². The Bertz CT molecular complexity index is 180. The van der Waals surface area contributed by atoms with Crippen LogP contribution < -0.4 is 5.32 Å². The molecule has 0 saturated carbocycles. The first kappa shape index (κ1) is 17.9. The average Bonchev–Trinajstić information content (AvgIpc) is 2.34. The van der Waals surface area contributed by atoms with Crippen molar-refractivity contribution in [3.63, 3.8) is 0 Å². The molecule has 0 rings (SSSR count). The van der Waals surface area contributed by atoms with Gasteiger partial charge in [-0.3, -0.25) is 4.90 Å². The molecule has 0 radical (unpaired) electrons. The van der Waals surface area contributed by atoms with Crippen LogP contribution in [0, 0.1) is 5.92 Å². The van der Waals surface area contributed by atoms with Gasteiger partial charge in [0, 0.05) is 12.1 Å². The van der Waals surface area contributed by atoms with Crippen LogP contribution in [0.2, 0.25) is 0 Å². The minimum atomic E-state index is 0.700. The fourth-order valence-corrected chi connectivity index (χ4v) is 2.32. The minimum Gasteiger partial charge on any atom is -0.316 e. The fraction of sp³-hybridized carbons (Fsp3) is 1.00. The summed E-state index contributed by atoms with van der Waals surface area (Å²) in [6.45, 7) is 17.4. The molecule has 2 heteroatoms. The molecule has 0 fully saturated rings. The molecule has 1 N–H and O–H groups in total. The van der Waals surface area contributed by atoms with E-state index in [4.69, 9.17) is 0 Å². The Morgan fingerprint density at radius 1 is 1.00 bits per heavy atom. The van der Waals surface area contributed by atoms with Gasteiger partial charge in [0.25, 0.3) is 0 Å². The summed E-state index contributed by atoms with van der Waals surface area (Å²) in [5.41, 5.74) is 0. The number of nitrogens with one attached hydrogen (secondary N) is 1. The van der Waals surface area contributed by atoms with E-state index in [9.17, 15) is 0 Å². The van der Waals surface area contributed by atoms with Gasteiger partial charge in [0.1, 0.15) is 0 Å². The molecule has 2 unspecified atom stereocenters. The largest absolute Gasteiger partial charge is 0.316 e. The van der Waals surface area contributed by atoms with E-state index in [-0.39, 0.29) is 0 Å². The second-order valence-electron chi connectivity index (χ2n) is 6.08. The van der Waals surface area contributed by atoms with E-state index in [1.54, 1.807) is 0 Å². The van der Waals surface area contributed by atoms with Crippen LogP contribution >= 0.6 is 0 Å². The fourth-order valence-electron chi connectivity index (χ4n) is 2.32. The molecule has 0 aliphatic heterocycles. The van der Waals surface area contributed by atoms with Gasteiger partial charge in [-0.15, -0.1) is 0 Å². The van der Waals surface area contributed by atoms with Gasteiger partial charge in [0.05, 0.1) is 0 Å². The van der Waals surface area contributed by atoms with Crippen LogP contribution in [0.15, 0.2) is 0 Å². The second kappa shape index (κ2) is 10.8. The normalized spacial score (nSPS) is 15.3. The van der Waals surface area contributed by atoms with Gasteiger partial charge in [-0.05, 0) is 58.7 Å². The summed E-state index contributed by atoms with van der Waals surface area (Å²) in [6, 6.07) is 1.42. The molecule has 0 aliphatic rings. The molecular weight excluding hydrogens is 220 g/mol. The highest BCUT2D eigenvalue weighted by atomic mass is 15.2. The Morgan fingerprint density at radius 3 is 2.17 bits per heavy atom. The predicted octanol–water partition coefficient (Wildman–Crippen LogP) is 3.91. The lowest BCUT2D eigenvalue weighted by Crippen LogP contribution is -2.42. The summed E-state index contributed by atoms with van der Waals surface area (Å²) < 4.78 is 0. The number of hydrogen-bond donors (Lipinski definition) is 1. The third kappa shape index (κ3) is 8.10. The molecule has 2 nitrogen and oxygen atoms in total. The van der Waals surface area contributed by atoms with Crippen LogP contribution in [0.1, 0.15) is 67.2 Å². The van der Waals surface area contributed by atoms with Gasteiger partial charge < -0.3 is 5.32 Å². The van der Waals surface area contributed by atoms with Gasteiger partial charge in [0.15, 0.2) is 0 Å². The van der Waals surface area contributed by atoms with Gasteiger partial charge in [-0.25, -0.2) is 0 Å². The maximum atomic E-state index is 3.56. The van der Waals surface area contributed by atoms with Gasteiger partial charge >= 0.3 is 0 Å². The average molecular weight is 256 g/mol. The standard InChI is InChI=1S/C16H36N2/c1-7-9-12-18(15(5)8-2)16(6)10-11-17-13-14(3)4/h14-17H,7-13H2,1-6H3. The van der Waals surface area contributed by atoms with E-state index >= 15 is 0 Å². The number of unbranched alkanes of at least 4 members (excludes halogenated alkanes) is 1. The van der Waals surface area contributed by atoms with Crippen molar-refractivity contribution >= 4 is 0 Å². The lowest BCUT2D eigenvalue weighted by Gasteiger charge is -2.34. The van der Waals surface area contributed by atoms with Crippen LogP contribution in [0.4, 0.5) is 0 Å². The summed E-state index contributed by atoms with van der Waals surface area (Å²) in [5.74, 6) is 0.756. The van der Waals surface area contributed by atoms with Crippen molar-refractivity contribution in [2.45, 2.75) is 79.3 Å². The molecule has 0 saturated heterocycles. The Morgan fingerprint density at radius 2 is 1.67 bits per heavy atom. The van der Waals surface area contributed by atoms with Crippen molar-refractivity contribution in [1.29, 1.82) is 0 Å². The number of rotatable bonds is 11. The summed E-state index contributed by atoms with van der Waals surface area (Å²) in [4.78, 5) is 2.69. The van der Waals surface area contributed by atoms with Crippen molar-refractivity contribution in [3.05, 3.63) is 0 Å². The highest BCUT2D eigenvalue weighted by molar-refractivity contribution is 4.73. The third-order valence-corrected chi connectivity index (χ3v) is 3.78. The van der Waals surface area contributed by atoms with Crippen LogP contribution in [-0.4, -0.2) is 36.6 Å². The zero-order valence-electron chi connectivity index (χ0n) is 13.6. The van der Waals surface area contributed by atoms with Crippen molar-refractivity contribution in [2.24, 2.45) is 5.92 Å². The van der Waals surface area contributed by atoms with Crippen molar-refractivity contribution in [3.8, 4) is 0 Å². The molecule has 0 aliphatic carbocycles. The maximum absolute atomic E-state index is 3.56. The molecule has 18 heavy (non-hydrogen) atoms.